The number of para-hydroxylation sites is 1. The molecule has 0 unspecified atom stereocenters. The van der Waals surface area contributed by atoms with Gasteiger partial charge in [-0.2, -0.15) is 0 Å². The minimum absolute atomic E-state index is 0.114. The van der Waals surface area contributed by atoms with Gasteiger partial charge < -0.3 is 20.8 Å². The number of carbonyl (C=O) groups is 1. The average Bonchev–Trinajstić information content (AvgIpc) is 3.44. The first-order chi connectivity index (χ1) is 14.1. The van der Waals surface area contributed by atoms with Crippen LogP contribution < -0.4 is 15.8 Å². The van der Waals surface area contributed by atoms with Gasteiger partial charge in [0.05, 0.1) is 35.5 Å². The van der Waals surface area contributed by atoms with Gasteiger partial charge in [-0.15, -0.1) is 0 Å². The Bertz CT molecular complexity index is 1140. The van der Waals surface area contributed by atoms with E-state index in [0.717, 1.165) is 12.0 Å². The van der Waals surface area contributed by atoms with Crippen LogP contribution in [0.3, 0.4) is 0 Å². The number of aromatic nitrogens is 3. The van der Waals surface area contributed by atoms with Crippen LogP contribution in [0.15, 0.2) is 42.6 Å². The number of nitrogens with zero attached hydrogens (tertiary/aromatic N) is 2. The van der Waals surface area contributed by atoms with E-state index in [1.54, 1.807) is 13.3 Å². The van der Waals surface area contributed by atoms with E-state index in [9.17, 15) is 4.79 Å². The maximum atomic E-state index is 12.1. The molecule has 148 valence electrons. The molecule has 2 aliphatic rings. The van der Waals surface area contributed by atoms with Crippen molar-refractivity contribution in [1.29, 1.82) is 0 Å². The van der Waals surface area contributed by atoms with Gasteiger partial charge in [0, 0.05) is 6.04 Å². The van der Waals surface area contributed by atoms with Crippen molar-refractivity contribution in [3.05, 3.63) is 47.6 Å². The summed E-state index contributed by atoms with van der Waals surface area (Å²) in [6.07, 6.45) is 6.75. The highest BCUT2D eigenvalue weighted by Gasteiger charge is 2.47. The van der Waals surface area contributed by atoms with E-state index in [1.165, 1.54) is 0 Å². The van der Waals surface area contributed by atoms with Crippen molar-refractivity contribution in [2.45, 2.75) is 12.5 Å². The third-order valence-corrected chi connectivity index (χ3v) is 6.21. The van der Waals surface area contributed by atoms with Crippen LogP contribution in [0.5, 0.6) is 5.75 Å². The zero-order valence-electron chi connectivity index (χ0n) is 15.7. The molecule has 2 heterocycles. The Morgan fingerprint density at radius 1 is 1.31 bits per heavy atom. The molecule has 0 radical (unpaired) electrons. The quantitative estimate of drug-likeness (QED) is 0.560. The molecule has 0 saturated heterocycles. The number of halogens is 1. The molecule has 4 atom stereocenters. The number of pyridine rings is 1. The molecule has 4 N–H and O–H groups in total. The second-order valence-corrected chi connectivity index (χ2v) is 7.92. The number of imidazole rings is 1. The molecule has 1 saturated carbocycles. The molecule has 3 aromatic rings. The Balaban J connectivity index is 1.58. The first-order valence-electron chi connectivity index (χ1n) is 9.48. The third-order valence-electron chi connectivity index (χ3n) is 5.93. The molecule has 2 aliphatic carbocycles. The van der Waals surface area contributed by atoms with Crippen molar-refractivity contribution in [2.75, 3.05) is 12.4 Å². The highest BCUT2D eigenvalue weighted by atomic mass is 35.5. The summed E-state index contributed by atoms with van der Waals surface area (Å²) >= 11 is 6.49. The van der Waals surface area contributed by atoms with Gasteiger partial charge in [-0.05, 0) is 30.4 Å². The second-order valence-electron chi connectivity index (χ2n) is 7.51. The van der Waals surface area contributed by atoms with E-state index in [1.807, 2.05) is 24.3 Å². The number of benzene rings is 1. The van der Waals surface area contributed by atoms with Crippen molar-refractivity contribution < 1.29 is 9.53 Å². The Morgan fingerprint density at radius 2 is 2.10 bits per heavy atom. The molecular formula is C21H20ClN5O2. The van der Waals surface area contributed by atoms with E-state index in [-0.39, 0.29) is 29.7 Å². The molecule has 29 heavy (non-hydrogen) atoms. The molecule has 1 amide bonds. The molecule has 5 rings (SSSR count). The minimum atomic E-state index is -0.294. The number of hydrogen-bond acceptors (Lipinski definition) is 5. The van der Waals surface area contributed by atoms with Crippen LogP contribution >= 0.6 is 11.6 Å². The number of fused-ring (bicyclic) bond motifs is 3. The number of primary amides is 1. The number of allylic oxidation sites excluding steroid dienone is 1. The van der Waals surface area contributed by atoms with Gasteiger partial charge in [0.25, 0.3) is 0 Å². The maximum absolute atomic E-state index is 12.1. The largest absolute Gasteiger partial charge is 0.496 e. The summed E-state index contributed by atoms with van der Waals surface area (Å²) in [7, 11) is 1.62. The fourth-order valence-electron chi connectivity index (χ4n) is 4.61. The van der Waals surface area contributed by atoms with Crippen molar-refractivity contribution in [3.63, 3.8) is 0 Å². The zero-order valence-corrected chi connectivity index (χ0v) is 16.5. The number of ether oxygens (including phenoxy) is 1. The first kappa shape index (κ1) is 18.0. The van der Waals surface area contributed by atoms with Crippen molar-refractivity contribution in [2.24, 2.45) is 23.5 Å². The number of anilines is 1. The van der Waals surface area contributed by atoms with Gasteiger partial charge >= 0.3 is 0 Å². The summed E-state index contributed by atoms with van der Waals surface area (Å²) in [6, 6.07) is 7.51. The number of methoxy groups -OCH3 is 1. The molecule has 2 aromatic heterocycles. The molecule has 0 aliphatic heterocycles. The van der Waals surface area contributed by atoms with Crippen molar-refractivity contribution in [3.8, 4) is 17.1 Å². The molecule has 1 fully saturated rings. The second kappa shape index (κ2) is 6.77. The third kappa shape index (κ3) is 2.84. The predicted molar refractivity (Wildman–Crippen MR) is 112 cm³/mol. The van der Waals surface area contributed by atoms with E-state index in [0.29, 0.717) is 33.4 Å². The van der Waals surface area contributed by atoms with E-state index < -0.39 is 0 Å². The summed E-state index contributed by atoms with van der Waals surface area (Å²) in [5, 5.41) is 3.92. The van der Waals surface area contributed by atoms with Crippen LogP contribution in [0.2, 0.25) is 5.02 Å². The Morgan fingerprint density at radius 3 is 2.90 bits per heavy atom. The number of aromatic amines is 1. The number of nitrogens with two attached hydrogens (primary N) is 1. The van der Waals surface area contributed by atoms with Gasteiger partial charge in [0.2, 0.25) is 5.91 Å². The SMILES string of the molecule is COc1ccccc1-c1nc2c(N[C@H]3[C@@H](C(N)=O)[C@@H]4C=C[C@H]3C4)c(Cl)cnc2[nH]1. The molecule has 1 aromatic carbocycles. The molecule has 2 bridgehead atoms. The van der Waals surface area contributed by atoms with Crippen molar-refractivity contribution >= 4 is 34.4 Å². The van der Waals surface area contributed by atoms with Gasteiger partial charge in [-0.1, -0.05) is 35.9 Å². The predicted octanol–water partition coefficient (Wildman–Crippen LogP) is 3.37. The van der Waals surface area contributed by atoms with Gasteiger partial charge in [-0.3, -0.25) is 4.79 Å². The zero-order chi connectivity index (χ0) is 20.1. The summed E-state index contributed by atoms with van der Waals surface area (Å²) in [5.74, 6) is 1.20. The van der Waals surface area contributed by atoms with Crippen LogP contribution in [0, 0.1) is 17.8 Å². The fourth-order valence-corrected chi connectivity index (χ4v) is 4.80. The van der Waals surface area contributed by atoms with Crippen LogP contribution in [-0.4, -0.2) is 34.0 Å². The number of amides is 1. The van der Waals surface area contributed by atoms with E-state index >= 15 is 0 Å². The molecule has 8 heteroatoms. The number of rotatable bonds is 5. The Kier molecular flexibility index (Phi) is 4.20. The lowest BCUT2D eigenvalue weighted by molar-refractivity contribution is -0.122. The topological polar surface area (TPSA) is 106 Å². The fraction of sp³-hybridized carbons (Fsp3) is 0.286. The van der Waals surface area contributed by atoms with Crippen LogP contribution in [0.25, 0.3) is 22.6 Å². The number of nitrogens with one attached hydrogen (secondary N) is 2. The van der Waals surface area contributed by atoms with E-state index in [2.05, 4.69) is 27.4 Å². The Hall–Kier alpha value is -3.06. The van der Waals surface area contributed by atoms with Crippen LogP contribution in [0.1, 0.15) is 6.42 Å². The summed E-state index contributed by atoms with van der Waals surface area (Å²) < 4.78 is 5.45. The lowest BCUT2D eigenvalue weighted by Crippen LogP contribution is -2.41. The highest BCUT2D eigenvalue weighted by molar-refractivity contribution is 6.34. The van der Waals surface area contributed by atoms with Crippen molar-refractivity contribution in [1.82, 2.24) is 15.0 Å². The lowest BCUT2D eigenvalue weighted by atomic mass is 9.88. The first-order valence-corrected chi connectivity index (χ1v) is 9.86. The minimum Gasteiger partial charge on any atom is -0.496 e. The maximum Gasteiger partial charge on any atom is 0.223 e. The molecule has 7 nitrogen and oxygen atoms in total. The highest BCUT2D eigenvalue weighted by Crippen LogP contribution is 2.46. The van der Waals surface area contributed by atoms with Gasteiger partial charge in [-0.25, -0.2) is 9.97 Å². The number of H-pyrrole nitrogens is 1. The summed E-state index contributed by atoms with van der Waals surface area (Å²) in [6.45, 7) is 0. The smallest absolute Gasteiger partial charge is 0.223 e. The summed E-state index contributed by atoms with van der Waals surface area (Å²) in [5.41, 5.74) is 8.41. The van der Waals surface area contributed by atoms with Crippen LogP contribution in [-0.2, 0) is 4.79 Å². The monoisotopic (exact) mass is 409 g/mol. The standard InChI is InChI=1S/C21H20ClN5O2/c1-29-14-5-3-2-4-12(14)20-26-18-17(13(22)9-24-21(18)27-20)25-16-11-7-6-10(8-11)15(16)19(23)28/h2-7,9-11,15-16H,8H2,1H3,(H2,23,28)(H2,24,25,26,27)/t10-,11+,15+,16-/m1/s1. The normalized spacial score (nSPS) is 24.9. The van der Waals surface area contributed by atoms with Crippen LogP contribution in [0.4, 0.5) is 5.69 Å². The van der Waals surface area contributed by atoms with Gasteiger partial charge in [0.1, 0.15) is 17.1 Å². The summed E-state index contributed by atoms with van der Waals surface area (Å²) in [4.78, 5) is 24.4. The Labute approximate surface area is 172 Å². The molecule has 0 spiro atoms. The number of carbonyl (C=O) groups excluding carboxylic acids is 1. The number of hydrogen-bond donors (Lipinski definition) is 3. The molecular weight excluding hydrogens is 390 g/mol. The van der Waals surface area contributed by atoms with E-state index in [4.69, 9.17) is 27.1 Å². The lowest BCUT2D eigenvalue weighted by Gasteiger charge is -2.27. The average molecular weight is 410 g/mol. The van der Waals surface area contributed by atoms with Gasteiger partial charge in [0.15, 0.2) is 5.65 Å².